The van der Waals surface area contributed by atoms with Crippen LogP contribution < -0.4 is 5.73 Å². The summed E-state index contributed by atoms with van der Waals surface area (Å²) >= 11 is 4.66. The average Bonchev–Trinajstić information content (AvgIpc) is 2.34. The fourth-order valence-electron chi connectivity index (χ4n) is 0.527. The van der Waals surface area contributed by atoms with Gasteiger partial charge >= 0.3 is 0 Å². The number of rotatable bonds is 2. The van der Waals surface area contributed by atoms with Crippen LogP contribution in [0.5, 0.6) is 0 Å². The molecule has 0 radical (unpaired) electrons. The maximum atomic E-state index is 8.62. The summed E-state index contributed by atoms with van der Waals surface area (Å²) in [7, 11) is 0. The van der Waals surface area contributed by atoms with E-state index in [1.54, 1.807) is 0 Å². The highest BCUT2D eigenvalue weighted by Crippen LogP contribution is 2.19. The SMILES string of the molecule is N[C@@H](CO)c1csc(Br)n1. The van der Waals surface area contributed by atoms with Gasteiger partial charge < -0.3 is 10.8 Å². The van der Waals surface area contributed by atoms with Crippen molar-refractivity contribution in [2.75, 3.05) is 6.61 Å². The van der Waals surface area contributed by atoms with Gasteiger partial charge in [0.1, 0.15) is 0 Å². The zero-order valence-corrected chi connectivity index (χ0v) is 7.52. The summed E-state index contributed by atoms with van der Waals surface area (Å²) in [4.78, 5) is 4.03. The lowest BCUT2D eigenvalue weighted by Crippen LogP contribution is -2.14. The van der Waals surface area contributed by atoms with Crippen molar-refractivity contribution in [2.24, 2.45) is 5.73 Å². The smallest absolute Gasteiger partial charge is 0.159 e. The lowest BCUT2D eigenvalue weighted by atomic mass is 10.3. The molecule has 0 bridgehead atoms. The Morgan fingerprint density at radius 2 is 2.60 bits per heavy atom. The van der Waals surface area contributed by atoms with Crippen molar-refractivity contribution in [3.8, 4) is 0 Å². The number of thiazole rings is 1. The number of aliphatic hydroxyl groups excluding tert-OH is 1. The molecule has 0 aliphatic rings. The Kier molecular flexibility index (Phi) is 2.79. The van der Waals surface area contributed by atoms with Crippen LogP contribution in [0, 0.1) is 0 Å². The summed E-state index contributed by atoms with van der Waals surface area (Å²) in [5.41, 5.74) is 6.22. The second-order valence-electron chi connectivity index (χ2n) is 1.81. The Morgan fingerprint density at radius 3 is 3.00 bits per heavy atom. The standard InChI is InChI=1S/C5H7BrN2OS/c6-5-8-4(2-10-5)3(7)1-9/h2-3,9H,1,7H2/t3-/m0/s1. The normalized spacial score (nSPS) is 13.5. The highest BCUT2D eigenvalue weighted by atomic mass is 79.9. The minimum absolute atomic E-state index is 0.0594. The van der Waals surface area contributed by atoms with Gasteiger partial charge in [0.25, 0.3) is 0 Å². The van der Waals surface area contributed by atoms with Gasteiger partial charge in [-0.05, 0) is 15.9 Å². The molecule has 1 atom stereocenters. The second kappa shape index (κ2) is 3.43. The number of hydrogen-bond acceptors (Lipinski definition) is 4. The summed E-state index contributed by atoms with van der Waals surface area (Å²) in [6, 6.07) is -0.345. The van der Waals surface area contributed by atoms with Crippen LogP contribution in [0.1, 0.15) is 11.7 Å². The van der Waals surface area contributed by atoms with Gasteiger partial charge in [0.2, 0.25) is 0 Å². The van der Waals surface area contributed by atoms with E-state index in [0.717, 1.165) is 9.61 Å². The molecule has 0 aliphatic carbocycles. The van der Waals surface area contributed by atoms with Crippen LogP contribution in [-0.4, -0.2) is 16.7 Å². The van der Waals surface area contributed by atoms with E-state index in [2.05, 4.69) is 20.9 Å². The molecule has 10 heavy (non-hydrogen) atoms. The molecule has 0 amide bonds. The number of nitrogens with two attached hydrogens (primary N) is 1. The monoisotopic (exact) mass is 222 g/mol. The number of nitrogens with zero attached hydrogens (tertiary/aromatic N) is 1. The summed E-state index contributed by atoms with van der Waals surface area (Å²) in [5.74, 6) is 0. The van der Waals surface area contributed by atoms with Crippen molar-refractivity contribution < 1.29 is 5.11 Å². The van der Waals surface area contributed by atoms with E-state index in [1.807, 2.05) is 5.38 Å². The molecule has 0 aliphatic heterocycles. The van der Waals surface area contributed by atoms with Crippen LogP contribution in [0.2, 0.25) is 0 Å². The predicted molar refractivity (Wildman–Crippen MR) is 43.8 cm³/mol. The first-order valence-corrected chi connectivity index (χ1v) is 4.38. The van der Waals surface area contributed by atoms with Crippen molar-refractivity contribution >= 4 is 27.3 Å². The van der Waals surface area contributed by atoms with Gasteiger partial charge in [-0.2, -0.15) is 0 Å². The molecule has 0 fully saturated rings. The Balaban J connectivity index is 2.74. The molecule has 0 aromatic carbocycles. The van der Waals surface area contributed by atoms with Gasteiger partial charge in [-0.3, -0.25) is 0 Å². The highest BCUT2D eigenvalue weighted by Gasteiger charge is 2.06. The molecule has 3 N–H and O–H groups in total. The van der Waals surface area contributed by atoms with Crippen molar-refractivity contribution in [1.29, 1.82) is 0 Å². The molecule has 1 heterocycles. The van der Waals surface area contributed by atoms with Gasteiger partial charge in [0.05, 0.1) is 18.3 Å². The number of aliphatic hydroxyl groups is 1. The summed E-state index contributed by atoms with van der Waals surface area (Å²) in [5, 5.41) is 10.4. The van der Waals surface area contributed by atoms with Crippen molar-refractivity contribution in [3.05, 3.63) is 15.0 Å². The van der Waals surface area contributed by atoms with Crippen LogP contribution in [0.4, 0.5) is 0 Å². The topological polar surface area (TPSA) is 59.1 Å². The molecule has 1 aromatic rings. The fourth-order valence-corrected chi connectivity index (χ4v) is 1.62. The molecule has 0 saturated heterocycles. The Bertz CT molecular complexity index is 215. The quantitative estimate of drug-likeness (QED) is 0.782. The van der Waals surface area contributed by atoms with E-state index in [4.69, 9.17) is 10.8 Å². The molecule has 0 unspecified atom stereocenters. The fraction of sp³-hybridized carbons (Fsp3) is 0.400. The molecule has 3 nitrogen and oxygen atoms in total. The second-order valence-corrected chi connectivity index (χ2v) is 3.95. The number of halogens is 1. The van der Waals surface area contributed by atoms with E-state index < -0.39 is 0 Å². The highest BCUT2D eigenvalue weighted by molar-refractivity contribution is 9.11. The van der Waals surface area contributed by atoms with Crippen LogP contribution in [-0.2, 0) is 0 Å². The van der Waals surface area contributed by atoms with E-state index in [-0.39, 0.29) is 12.6 Å². The first-order chi connectivity index (χ1) is 4.74. The van der Waals surface area contributed by atoms with E-state index >= 15 is 0 Å². The average molecular weight is 223 g/mol. The molecular weight excluding hydrogens is 216 g/mol. The van der Waals surface area contributed by atoms with Crippen molar-refractivity contribution in [3.63, 3.8) is 0 Å². The molecule has 0 spiro atoms. The maximum absolute atomic E-state index is 8.62. The maximum Gasteiger partial charge on any atom is 0.159 e. The van der Waals surface area contributed by atoms with Gasteiger partial charge in [0.15, 0.2) is 3.92 Å². The predicted octanol–water partition coefficient (Wildman–Crippen LogP) is 0.898. The number of hydrogen-bond donors (Lipinski definition) is 2. The van der Waals surface area contributed by atoms with E-state index in [0.29, 0.717) is 0 Å². The van der Waals surface area contributed by atoms with Crippen LogP contribution >= 0.6 is 27.3 Å². The molecule has 1 aromatic heterocycles. The van der Waals surface area contributed by atoms with Crippen molar-refractivity contribution in [1.82, 2.24) is 4.98 Å². The van der Waals surface area contributed by atoms with E-state index in [1.165, 1.54) is 11.3 Å². The van der Waals surface area contributed by atoms with Gasteiger partial charge in [-0.25, -0.2) is 4.98 Å². The third-order valence-corrected chi connectivity index (χ3v) is 2.45. The zero-order valence-electron chi connectivity index (χ0n) is 5.12. The molecule has 0 saturated carbocycles. The van der Waals surface area contributed by atoms with Gasteiger partial charge in [0, 0.05) is 5.38 Å². The molecule has 56 valence electrons. The minimum Gasteiger partial charge on any atom is -0.394 e. The minimum atomic E-state index is -0.345. The van der Waals surface area contributed by atoms with Crippen LogP contribution in [0.3, 0.4) is 0 Å². The zero-order chi connectivity index (χ0) is 7.56. The first-order valence-electron chi connectivity index (χ1n) is 2.71. The lowest BCUT2D eigenvalue weighted by molar-refractivity contribution is 0.266. The summed E-state index contributed by atoms with van der Waals surface area (Å²) < 4.78 is 0.798. The Hall–Kier alpha value is 0.0300. The van der Waals surface area contributed by atoms with Gasteiger partial charge in [-0.15, -0.1) is 11.3 Å². The summed E-state index contributed by atoms with van der Waals surface area (Å²) in [6.45, 7) is -0.0594. The third-order valence-electron chi connectivity index (χ3n) is 1.07. The lowest BCUT2D eigenvalue weighted by Gasteiger charge is -2.01. The molecule has 1 rings (SSSR count). The van der Waals surface area contributed by atoms with Crippen LogP contribution in [0.25, 0.3) is 0 Å². The Morgan fingerprint density at radius 1 is 1.90 bits per heavy atom. The molecule has 5 heteroatoms. The third kappa shape index (κ3) is 1.76. The largest absolute Gasteiger partial charge is 0.394 e. The summed E-state index contributed by atoms with van der Waals surface area (Å²) in [6.07, 6.45) is 0. The Labute approximate surface area is 71.0 Å². The van der Waals surface area contributed by atoms with Crippen LogP contribution in [0.15, 0.2) is 9.30 Å². The first kappa shape index (κ1) is 8.13. The number of aromatic nitrogens is 1. The van der Waals surface area contributed by atoms with E-state index in [9.17, 15) is 0 Å². The van der Waals surface area contributed by atoms with Gasteiger partial charge in [-0.1, -0.05) is 0 Å². The van der Waals surface area contributed by atoms with Crippen molar-refractivity contribution in [2.45, 2.75) is 6.04 Å². The molecular formula is C5H7BrN2OS.